The first-order chi connectivity index (χ1) is 12.0. The molecule has 1 atom stereocenters. The minimum absolute atomic E-state index is 0.143. The number of aryl methyl sites for hydroxylation is 1. The van der Waals surface area contributed by atoms with Crippen LogP contribution in [0.3, 0.4) is 0 Å². The maximum absolute atomic E-state index is 12.8. The van der Waals surface area contributed by atoms with E-state index in [2.05, 4.69) is 5.32 Å². The van der Waals surface area contributed by atoms with E-state index >= 15 is 0 Å². The zero-order chi connectivity index (χ0) is 18.0. The number of esters is 1. The van der Waals surface area contributed by atoms with E-state index in [1.54, 1.807) is 11.8 Å². The third kappa shape index (κ3) is 3.86. The molecule has 2 heterocycles. The molecule has 0 radical (unpaired) electrons. The van der Waals surface area contributed by atoms with Gasteiger partial charge in [0.2, 0.25) is 5.91 Å². The van der Waals surface area contributed by atoms with Crippen molar-refractivity contribution >= 4 is 34.1 Å². The minimum atomic E-state index is -0.810. The first-order valence-electron chi connectivity index (χ1n) is 8.89. The number of likely N-dealkylation sites (tertiary alicyclic amines) is 1. The van der Waals surface area contributed by atoms with E-state index in [0.29, 0.717) is 10.6 Å². The van der Waals surface area contributed by atoms with Crippen molar-refractivity contribution in [2.24, 2.45) is 0 Å². The first-order valence-corrected chi connectivity index (χ1v) is 9.71. The highest BCUT2D eigenvalue weighted by atomic mass is 32.1. The Bertz CT molecular complexity index is 691. The van der Waals surface area contributed by atoms with E-state index in [0.717, 1.165) is 62.1 Å². The topological polar surface area (TPSA) is 75.7 Å². The number of carbonyl (C=O) groups excluding carboxylic acids is 3. The molecule has 1 aliphatic heterocycles. The van der Waals surface area contributed by atoms with Gasteiger partial charge in [-0.25, -0.2) is 4.79 Å². The number of hydrogen-bond acceptors (Lipinski definition) is 5. The van der Waals surface area contributed by atoms with Crippen LogP contribution in [0.1, 0.15) is 60.3 Å². The Hall–Kier alpha value is -1.89. The molecule has 6 nitrogen and oxygen atoms in total. The molecule has 1 fully saturated rings. The molecule has 136 valence electrons. The predicted molar refractivity (Wildman–Crippen MR) is 96.0 cm³/mol. The lowest BCUT2D eigenvalue weighted by atomic mass is 9.95. The summed E-state index contributed by atoms with van der Waals surface area (Å²) >= 11 is 1.45. The summed E-state index contributed by atoms with van der Waals surface area (Å²) in [4.78, 5) is 39.5. The molecule has 7 heteroatoms. The average Bonchev–Trinajstić information content (AvgIpc) is 3.20. The summed E-state index contributed by atoms with van der Waals surface area (Å²) in [6, 6.07) is 0. The number of nitrogens with zero attached hydrogens (tertiary/aromatic N) is 1. The van der Waals surface area contributed by atoms with Crippen molar-refractivity contribution in [3.05, 3.63) is 16.0 Å². The maximum atomic E-state index is 12.8. The van der Waals surface area contributed by atoms with E-state index in [1.165, 1.54) is 18.3 Å². The van der Waals surface area contributed by atoms with Crippen LogP contribution in [0.25, 0.3) is 0 Å². The molecule has 0 aromatic carbocycles. The summed E-state index contributed by atoms with van der Waals surface area (Å²) in [6.07, 6.45) is 5.02. The van der Waals surface area contributed by atoms with Crippen molar-refractivity contribution in [1.29, 1.82) is 0 Å². The maximum Gasteiger partial charge on any atom is 0.342 e. The normalized spacial score (nSPS) is 17.8. The Balaban J connectivity index is 1.79. The van der Waals surface area contributed by atoms with Crippen LogP contribution < -0.4 is 5.32 Å². The first kappa shape index (κ1) is 17.9. The predicted octanol–water partition coefficient (Wildman–Crippen LogP) is 2.75. The third-order valence-corrected chi connectivity index (χ3v) is 5.92. The number of nitrogens with one attached hydrogen (secondary N) is 1. The minimum Gasteiger partial charge on any atom is -0.449 e. The smallest absolute Gasteiger partial charge is 0.342 e. The lowest BCUT2D eigenvalue weighted by molar-refractivity contribution is -0.138. The van der Waals surface area contributed by atoms with Crippen LogP contribution in [0.5, 0.6) is 0 Å². The molecular weight excluding hydrogens is 340 g/mol. The molecule has 1 N–H and O–H groups in total. The highest BCUT2D eigenvalue weighted by molar-refractivity contribution is 7.17. The Kier molecular flexibility index (Phi) is 5.42. The fraction of sp³-hybridized carbons (Fsp3) is 0.611. The number of amides is 2. The second-order valence-electron chi connectivity index (χ2n) is 6.68. The van der Waals surface area contributed by atoms with Gasteiger partial charge < -0.3 is 15.0 Å². The number of rotatable bonds is 4. The molecule has 3 rings (SSSR count). The molecule has 2 amide bonds. The molecule has 0 bridgehead atoms. The Labute approximate surface area is 151 Å². The van der Waals surface area contributed by atoms with Crippen LogP contribution in [0.15, 0.2) is 0 Å². The number of thiophene rings is 1. The SMILES string of the molecule is CC(=O)Nc1sc2c(c1C(=O)O[C@@H](C)C(=O)N1CCCC1)CCCC2. The van der Waals surface area contributed by atoms with E-state index in [-0.39, 0.29) is 11.8 Å². The Morgan fingerprint density at radius 2 is 1.80 bits per heavy atom. The van der Waals surface area contributed by atoms with Crippen molar-refractivity contribution < 1.29 is 19.1 Å². The van der Waals surface area contributed by atoms with Crippen LogP contribution in [0.2, 0.25) is 0 Å². The third-order valence-electron chi connectivity index (χ3n) is 4.71. The second kappa shape index (κ2) is 7.56. The Morgan fingerprint density at radius 1 is 1.12 bits per heavy atom. The second-order valence-corrected chi connectivity index (χ2v) is 7.78. The fourth-order valence-electron chi connectivity index (χ4n) is 3.49. The highest BCUT2D eigenvalue weighted by Gasteiger charge is 2.31. The van der Waals surface area contributed by atoms with Crippen LogP contribution in [0.4, 0.5) is 5.00 Å². The van der Waals surface area contributed by atoms with Gasteiger partial charge in [-0.2, -0.15) is 0 Å². The average molecular weight is 364 g/mol. The van der Waals surface area contributed by atoms with E-state index in [4.69, 9.17) is 4.74 Å². The summed E-state index contributed by atoms with van der Waals surface area (Å²) in [5.41, 5.74) is 1.42. The standard InChI is InChI=1S/C18H24N2O4S/c1-11(17(22)20-9-5-6-10-20)24-18(23)15-13-7-3-4-8-14(13)25-16(15)19-12(2)21/h11H,3-10H2,1-2H3,(H,19,21)/t11-/m0/s1. The molecular formula is C18H24N2O4S. The highest BCUT2D eigenvalue weighted by Crippen LogP contribution is 2.38. The molecule has 1 aromatic heterocycles. The molecule has 1 aliphatic carbocycles. The molecule has 25 heavy (non-hydrogen) atoms. The van der Waals surface area contributed by atoms with Crippen molar-refractivity contribution in [3.63, 3.8) is 0 Å². The van der Waals surface area contributed by atoms with Gasteiger partial charge in [0, 0.05) is 24.9 Å². The molecule has 0 saturated carbocycles. The van der Waals surface area contributed by atoms with Crippen LogP contribution in [0, 0.1) is 0 Å². The van der Waals surface area contributed by atoms with E-state index in [9.17, 15) is 14.4 Å². The lowest BCUT2D eigenvalue weighted by Crippen LogP contribution is -2.38. The summed E-state index contributed by atoms with van der Waals surface area (Å²) in [5, 5.41) is 3.30. The van der Waals surface area contributed by atoms with Gasteiger partial charge in [0.1, 0.15) is 5.00 Å². The zero-order valence-corrected chi connectivity index (χ0v) is 15.5. The lowest BCUT2D eigenvalue weighted by Gasteiger charge is -2.21. The molecule has 2 aliphatic rings. The monoisotopic (exact) mass is 364 g/mol. The number of carbonyl (C=O) groups is 3. The van der Waals surface area contributed by atoms with Crippen molar-refractivity contribution in [3.8, 4) is 0 Å². The quantitative estimate of drug-likeness (QED) is 0.834. The molecule has 0 spiro atoms. The van der Waals surface area contributed by atoms with Crippen molar-refractivity contribution in [2.75, 3.05) is 18.4 Å². The van der Waals surface area contributed by atoms with Crippen LogP contribution in [-0.4, -0.2) is 41.9 Å². The summed E-state index contributed by atoms with van der Waals surface area (Å²) in [6.45, 7) is 4.50. The van der Waals surface area contributed by atoms with Gasteiger partial charge in [-0.1, -0.05) is 0 Å². The van der Waals surface area contributed by atoms with Gasteiger partial charge in [0.05, 0.1) is 5.56 Å². The van der Waals surface area contributed by atoms with E-state index in [1.807, 2.05) is 0 Å². The number of ether oxygens (including phenoxy) is 1. The molecule has 1 saturated heterocycles. The fourth-order valence-corrected chi connectivity index (χ4v) is 4.82. The van der Waals surface area contributed by atoms with Crippen LogP contribution >= 0.6 is 11.3 Å². The zero-order valence-electron chi connectivity index (χ0n) is 14.7. The number of hydrogen-bond donors (Lipinski definition) is 1. The van der Waals surface area contributed by atoms with Gasteiger partial charge in [-0.15, -0.1) is 11.3 Å². The van der Waals surface area contributed by atoms with E-state index < -0.39 is 12.1 Å². The molecule has 1 aromatic rings. The summed E-state index contributed by atoms with van der Waals surface area (Å²) in [7, 11) is 0. The summed E-state index contributed by atoms with van der Waals surface area (Å²) in [5.74, 6) is -0.868. The van der Waals surface area contributed by atoms with Gasteiger partial charge in [0.25, 0.3) is 5.91 Å². The summed E-state index contributed by atoms with van der Waals surface area (Å²) < 4.78 is 5.48. The van der Waals surface area contributed by atoms with Gasteiger partial charge >= 0.3 is 5.97 Å². The van der Waals surface area contributed by atoms with Gasteiger partial charge in [-0.3, -0.25) is 9.59 Å². The van der Waals surface area contributed by atoms with Crippen LogP contribution in [-0.2, 0) is 27.2 Å². The van der Waals surface area contributed by atoms with Gasteiger partial charge in [0.15, 0.2) is 6.10 Å². The largest absolute Gasteiger partial charge is 0.449 e. The van der Waals surface area contributed by atoms with Crippen molar-refractivity contribution in [2.45, 2.75) is 58.5 Å². The Morgan fingerprint density at radius 3 is 2.48 bits per heavy atom. The molecule has 0 unspecified atom stereocenters. The number of anilines is 1. The van der Waals surface area contributed by atoms with Crippen molar-refractivity contribution in [1.82, 2.24) is 4.90 Å². The van der Waals surface area contributed by atoms with Gasteiger partial charge in [-0.05, 0) is 51.0 Å². The number of fused-ring (bicyclic) bond motifs is 1.